The molecule has 1 aliphatic heterocycles. The summed E-state index contributed by atoms with van der Waals surface area (Å²) in [6.45, 7) is 2.14. The first-order valence-corrected chi connectivity index (χ1v) is 8.20. The zero-order chi connectivity index (χ0) is 19.4. The van der Waals surface area contributed by atoms with Crippen LogP contribution in [0, 0.1) is 10.1 Å². The number of non-ortho nitro benzene ring substituents is 1. The second-order valence-corrected chi connectivity index (χ2v) is 5.56. The van der Waals surface area contributed by atoms with E-state index in [4.69, 9.17) is 9.47 Å². The van der Waals surface area contributed by atoms with E-state index in [1.165, 1.54) is 29.3 Å². The van der Waals surface area contributed by atoms with Gasteiger partial charge < -0.3 is 9.47 Å². The molecule has 8 heteroatoms. The molecule has 1 amide bonds. The van der Waals surface area contributed by atoms with E-state index < -0.39 is 4.92 Å². The molecule has 8 nitrogen and oxygen atoms in total. The van der Waals surface area contributed by atoms with E-state index in [-0.39, 0.29) is 17.5 Å². The molecular weight excluding hydrogens is 350 g/mol. The smallest absolute Gasteiger partial charge is 0.284 e. The maximum Gasteiger partial charge on any atom is 0.284 e. The first kappa shape index (κ1) is 18.1. The number of hydrogen-bond donors (Lipinski definition) is 0. The quantitative estimate of drug-likeness (QED) is 0.459. The van der Waals surface area contributed by atoms with Gasteiger partial charge >= 0.3 is 0 Å². The lowest BCUT2D eigenvalue weighted by atomic mass is 10.1. The number of anilines is 1. The van der Waals surface area contributed by atoms with Crippen molar-refractivity contribution in [1.29, 1.82) is 0 Å². The van der Waals surface area contributed by atoms with Crippen molar-refractivity contribution < 1.29 is 19.2 Å². The van der Waals surface area contributed by atoms with Crippen molar-refractivity contribution in [2.24, 2.45) is 5.10 Å². The Hall–Kier alpha value is -3.68. The van der Waals surface area contributed by atoms with Gasteiger partial charge in [0.25, 0.3) is 11.6 Å². The van der Waals surface area contributed by atoms with Crippen LogP contribution in [-0.2, 0) is 9.53 Å². The van der Waals surface area contributed by atoms with Crippen molar-refractivity contribution in [3.8, 4) is 5.75 Å². The van der Waals surface area contributed by atoms with Gasteiger partial charge in [-0.3, -0.25) is 14.9 Å². The van der Waals surface area contributed by atoms with Gasteiger partial charge in [0.05, 0.1) is 24.3 Å². The SMILES string of the molecule is CCOC1=NN(c2ccc([N+](=O)[O-])cc2)C(=O)/C1=C/c1cccc(OC)c1. The minimum Gasteiger partial charge on any atom is -0.497 e. The molecule has 3 rings (SSSR count). The molecule has 1 aliphatic rings. The lowest BCUT2D eigenvalue weighted by molar-refractivity contribution is -0.384. The van der Waals surface area contributed by atoms with Crippen LogP contribution >= 0.6 is 0 Å². The van der Waals surface area contributed by atoms with Crippen LogP contribution < -0.4 is 9.75 Å². The van der Waals surface area contributed by atoms with Gasteiger partial charge in [0, 0.05) is 12.1 Å². The Labute approximate surface area is 155 Å². The number of methoxy groups -OCH3 is 1. The monoisotopic (exact) mass is 367 g/mol. The summed E-state index contributed by atoms with van der Waals surface area (Å²) in [7, 11) is 1.57. The predicted molar refractivity (Wildman–Crippen MR) is 101 cm³/mol. The molecule has 0 N–H and O–H groups in total. The molecule has 0 bridgehead atoms. The number of carbonyl (C=O) groups excluding carboxylic acids is 1. The lowest BCUT2D eigenvalue weighted by Gasteiger charge is -2.10. The van der Waals surface area contributed by atoms with E-state index in [2.05, 4.69) is 5.10 Å². The van der Waals surface area contributed by atoms with Crippen molar-refractivity contribution >= 4 is 29.3 Å². The van der Waals surface area contributed by atoms with Gasteiger partial charge in [0.15, 0.2) is 0 Å². The fraction of sp³-hybridized carbons (Fsp3) is 0.158. The Morgan fingerprint density at radius 2 is 1.96 bits per heavy atom. The highest BCUT2D eigenvalue weighted by Gasteiger charge is 2.32. The third kappa shape index (κ3) is 3.79. The fourth-order valence-electron chi connectivity index (χ4n) is 2.55. The molecule has 0 fully saturated rings. The van der Waals surface area contributed by atoms with Crippen molar-refractivity contribution in [2.75, 3.05) is 18.7 Å². The summed E-state index contributed by atoms with van der Waals surface area (Å²) in [6, 6.07) is 12.8. The molecule has 0 spiro atoms. The van der Waals surface area contributed by atoms with Crippen LogP contribution in [0.5, 0.6) is 5.75 Å². The number of carbonyl (C=O) groups is 1. The first-order chi connectivity index (χ1) is 13.0. The summed E-state index contributed by atoms with van der Waals surface area (Å²) in [5.41, 5.74) is 1.41. The average molecular weight is 367 g/mol. The van der Waals surface area contributed by atoms with Crippen LogP contribution in [0.1, 0.15) is 12.5 Å². The van der Waals surface area contributed by atoms with Crippen LogP contribution in [-0.4, -0.2) is 30.4 Å². The average Bonchev–Trinajstić information content (AvgIpc) is 2.98. The highest BCUT2D eigenvalue weighted by Crippen LogP contribution is 2.27. The van der Waals surface area contributed by atoms with Crippen molar-refractivity contribution in [2.45, 2.75) is 6.92 Å². The second-order valence-electron chi connectivity index (χ2n) is 5.56. The Morgan fingerprint density at radius 1 is 1.22 bits per heavy atom. The van der Waals surface area contributed by atoms with Gasteiger partial charge in [0.2, 0.25) is 5.90 Å². The van der Waals surface area contributed by atoms with E-state index in [0.717, 1.165) is 5.56 Å². The summed E-state index contributed by atoms with van der Waals surface area (Å²) in [5.74, 6) is 0.482. The molecule has 0 aliphatic carbocycles. The van der Waals surface area contributed by atoms with Gasteiger partial charge in [-0.25, -0.2) is 0 Å². The number of rotatable bonds is 5. The molecule has 138 valence electrons. The Kier molecular flexibility index (Phi) is 5.16. The van der Waals surface area contributed by atoms with Crippen molar-refractivity contribution in [3.05, 3.63) is 69.8 Å². The van der Waals surface area contributed by atoms with Crippen molar-refractivity contribution in [1.82, 2.24) is 0 Å². The van der Waals surface area contributed by atoms with Gasteiger partial charge in [-0.2, -0.15) is 5.01 Å². The number of ether oxygens (including phenoxy) is 2. The standard InChI is InChI=1S/C19H17N3O5/c1-3-27-18-17(12-13-5-4-6-16(11-13)26-2)19(23)21(20-18)14-7-9-15(10-8-14)22(24)25/h4-12H,3H2,1-2H3/b17-12+. The lowest BCUT2D eigenvalue weighted by Crippen LogP contribution is -2.21. The summed E-state index contributed by atoms with van der Waals surface area (Å²) in [5, 5.41) is 16.2. The summed E-state index contributed by atoms with van der Waals surface area (Å²) >= 11 is 0. The molecule has 2 aromatic carbocycles. The van der Waals surface area contributed by atoms with E-state index in [9.17, 15) is 14.9 Å². The molecule has 0 unspecified atom stereocenters. The van der Waals surface area contributed by atoms with Gasteiger partial charge in [-0.15, -0.1) is 5.10 Å². The molecule has 27 heavy (non-hydrogen) atoms. The minimum absolute atomic E-state index is 0.0634. The topological polar surface area (TPSA) is 94.3 Å². The van der Waals surface area contributed by atoms with Crippen LogP contribution in [0.2, 0.25) is 0 Å². The minimum atomic E-state index is -0.501. The molecule has 0 saturated carbocycles. The van der Waals surface area contributed by atoms with Crippen LogP contribution in [0.25, 0.3) is 6.08 Å². The van der Waals surface area contributed by atoms with Gasteiger partial charge in [-0.05, 0) is 42.8 Å². The largest absolute Gasteiger partial charge is 0.497 e. The third-order valence-corrected chi connectivity index (χ3v) is 3.83. The summed E-state index contributed by atoms with van der Waals surface area (Å²) < 4.78 is 10.7. The highest BCUT2D eigenvalue weighted by atomic mass is 16.6. The highest BCUT2D eigenvalue weighted by molar-refractivity contribution is 6.30. The van der Waals surface area contributed by atoms with Gasteiger partial charge in [-0.1, -0.05) is 12.1 Å². The summed E-state index contributed by atoms with van der Waals surface area (Å²) in [6.07, 6.45) is 1.67. The maximum absolute atomic E-state index is 12.9. The van der Waals surface area contributed by atoms with E-state index in [0.29, 0.717) is 23.6 Å². The number of hydrazone groups is 1. The molecular formula is C19H17N3O5. The predicted octanol–water partition coefficient (Wildman–Crippen LogP) is 3.38. The molecule has 0 aromatic heterocycles. The summed E-state index contributed by atoms with van der Waals surface area (Å²) in [4.78, 5) is 23.2. The molecule has 0 radical (unpaired) electrons. The number of nitro benzene ring substituents is 1. The Balaban J connectivity index is 1.96. The second kappa shape index (κ2) is 7.69. The van der Waals surface area contributed by atoms with Crippen molar-refractivity contribution in [3.63, 3.8) is 0 Å². The number of benzene rings is 2. The molecule has 0 atom stereocenters. The van der Waals surface area contributed by atoms with E-state index in [1.54, 1.807) is 32.2 Å². The van der Waals surface area contributed by atoms with E-state index in [1.807, 2.05) is 12.1 Å². The van der Waals surface area contributed by atoms with Crippen LogP contribution in [0.3, 0.4) is 0 Å². The number of nitro groups is 1. The normalized spacial score (nSPS) is 15.0. The maximum atomic E-state index is 12.9. The fourth-order valence-corrected chi connectivity index (χ4v) is 2.55. The third-order valence-electron chi connectivity index (χ3n) is 3.83. The number of amides is 1. The van der Waals surface area contributed by atoms with Crippen LogP contribution in [0.4, 0.5) is 11.4 Å². The Morgan fingerprint density at radius 3 is 2.59 bits per heavy atom. The van der Waals surface area contributed by atoms with Crippen LogP contribution in [0.15, 0.2) is 59.2 Å². The van der Waals surface area contributed by atoms with E-state index >= 15 is 0 Å². The first-order valence-electron chi connectivity index (χ1n) is 8.20. The van der Waals surface area contributed by atoms with Gasteiger partial charge in [0.1, 0.15) is 11.3 Å². The number of nitrogens with zero attached hydrogens (tertiary/aromatic N) is 3. The molecule has 2 aromatic rings. The molecule has 1 heterocycles. The molecule has 0 saturated heterocycles. The number of hydrogen-bond acceptors (Lipinski definition) is 6. The zero-order valence-corrected chi connectivity index (χ0v) is 14.8. The Bertz CT molecular complexity index is 935. The zero-order valence-electron chi connectivity index (χ0n) is 14.8.